The molecule has 0 amide bonds. The van der Waals surface area contributed by atoms with Crippen molar-refractivity contribution in [1.82, 2.24) is 14.8 Å². The van der Waals surface area contributed by atoms with Crippen LogP contribution in [0.3, 0.4) is 0 Å². The van der Waals surface area contributed by atoms with E-state index in [2.05, 4.69) is 14.8 Å². The van der Waals surface area contributed by atoms with E-state index in [1.807, 2.05) is 0 Å². The number of sulfonamides is 1. The van der Waals surface area contributed by atoms with Crippen LogP contribution in [0.5, 0.6) is 0 Å². The third kappa shape index (κ3) is 3.59. The monoisotopic (exact) mass is 320 g/mol. The Balaban J connectivity index is 2.42. The first-order valence-electron chi connectivity index (χ1n) is 5.23. The van der Waals surface area contributed by atoms with Gasteiger partial charge in [0.05, 0.1) is 17.1 Å². The number of hydrogen-bond donors (Lipinski definition) is 1. The Morgan fingerprint density at radius 2 is 2.16 bits per heavy atom. The van der Waals surface area contributed by atoms with Crippen LogP contribution in [0.15, 0.2) is 30.9 Å². The molecule has 102 valence electrons. The van der Waals surface area contributed by atoms with Gasteiger partial charge in [-0.05, 0) is 18.2 Å². The Bertz CT molecular complexity index is 658. The lowest BCUT2D eigenvalue weighted by atomic mass is 10.3. The molecule has 0 aliphatic carbocycles. The van der Waals surface area contributed by atoms with E-state index < -0.39 is 10.0 Å². The topological polar surface area (TPSA) is 76.9 Å². The highest BCUT2D eigenvalue weighted by Gasteiger charge is 2.14. The van der Waals surface area contributed by atoms with Crippen molar-refractivity contribution < 1.29 is 8.42 Å². The summed E-state index contributed by atoms with van der Waals surface area (Å²) in [7, 11) is -3.52. The summed E-state index contributed by atoms with van der Waals surface area (Å²) in [6, 6.07) is 4.79. The fourth-order valence-corrected chi connectivity index (χ4v) is 3.03. The molecule has 0 atom stereocenters. The minimum Gasteiger partial charge on any atom is -0.281 e. The Morgan fingerprint density at radius 3 is 2.79 bits per heavy atom. The van der Waals surface area contributed by atoms with Crippen molar-refractivity contribution in [2.24, 2.45) is 0 Å². The molecule has 0 fully saturated rings. The maximum Gasteiger partial charge on any atom is 0.233 e. The Morgan fingerprint density at radius 1 is 1.37 bits per heavy atom. The predicted octanol–water partition coefficient (Wildman–Crippen LogP) is 1.90. The Kier molecular flexibility index (Phi) is 4.28. The summed E-state index contributed by atoms with van der Waals surface area (Å²) in [4.78, 5) is 3.82. The molecule has 0 radical (unpaired) electrons. The van der Waals surface area contributed by atoms with Gasteiger partial charge in [-0.25, -0.2) is 18.1 Å². The molecule has 0 unspecified atom stereocenters. The molecule has 0 aliphatic heterocycles. The van der Waals surface area contributed by atoms with Crippen LogP contribution in [0.1, 0.15) is 0 Å². The third-order valence-corrected chi connectivity index (χ3v) is 4.16. The second-order valence-corrected chi connectivity index (χ2v) is 6.27. The SMILES string of the molecule is O=S(=O)(CCCl)Nc1cc(Cl)ccc1-n1cncn1. The Labute approximate surface area is 120 Å². The van der Waals surface area contributed by atoms with Gasteiger partial charge in [-0.2, -0.15) is 5.10 Å². The summed E-state index contributed by atoms with van der Waals surface area (Å²) in [5, 5.41) is 4.36. The molecular formula is C10H10Cl2N4O2S. The molecule has 19 heavy (non-hydrogen) atoms. The lowest BCUT2D eigenvalue weighted by molar-refractivity contribution is 0.602. The molecule has 0 saturated carbocycles. The highest BCUT2D eigenvalue weighted by atomic mass is 35.5. The number of benzene rings is 1. The normalized spacial score (nSPS) is 11.5. The van der Waals surface area contributed by atoms with Gasteiger partial charge in [-0.15, -0.1) is 11.6 Å². The van der Waals surface area contributed by atoms with E-state index in [1.165, 1.54) is 23.4 Å². The molecule has 0 bridgehead atoms. The second-order valence-electron chi connectivity index (χ2n) is 3.61. The number of nitrogens with one attached hydrogen (secondary N) is 1. The second kappa shape index (κ2) is 5.77. The molecule has 0 spiro atoms. The smallest absolute Gasteiger partial charge is 0.233 e. The summed E-state index contributed by atoms with van der Waals surface area (Å²) in [6.45, 7) is 0. The van der Waals surface area contributed by atoms with Crippen molar-refractivity contribution in [3.63, 3.8) is 0 Å². The largest absolute Gasteiger partial charge is 0.281 e. The molecule has 9 heteroatoms. The van der Waals surface area contributed by atoms with Gasteiger partial charge in [0.25, 0.3) is 0 Å². The number of nitrogens with zero attached hydrogens (tertiary/aromatic N) is 3. The molecule has 0 aliphatic rings. The third-order valence-electron chi connectivity index (χ3n) is 2.24. The first-order chi connectivity index (χ1) is 9.02. The summed E-state index contributed by atoms with van der Waals surface area (Å²) in [5.41, 5.74) is 0.850. The first kappa shape index (κ1) is 14.1. The maximum atomic E-state index is 11.7. The van der Waals surface area contributed by atoms with Crippen molar-refractivity contribution in [2.75, 3.05) is 16.4 Å². The van der Waals surface area contributed by atoms with Crippen LogP contribution in [-0.2, 0) is 10.0 Å². The fraction of sp³-hybridized carbons (Fsp3) is 0.200. The molecule has 1 aromatic heterocycles. The van der Waals surface area contributed by atoms with Gasteiger partial charge >= 0.3 is 0 Å². The maximum absolute atomic E-state index is 11.7. The summed E-state index contributed by atoms with van der Waals surface area (Å²) in [6.07, 6.45) is 2.81. The van der Waals surface area contributed by atoms with E-state index in [4.69, 9.17) is 23.2 Å². The lowest BCUT2D eigenvalue weighted by Gasteiger charge is -2.12. The molecule has 1 heterocycles. The number of halogens is 2. The van der Waals surface area contributed by atoms with Gasteiger partial charge in [0.15, 0.2) is 0 Å². The van der Waals surface area contributed by atoms with Crippen LogP contribution >= 0.6 is 23.2 Å². The number of rotatable bonds is 5. The van der Waals surface area contributed by atoms with E-state index in [1.54, 1.807) is 12.1 Å². The zero-order chi connectivity index (χ0) is 13.9. The molecule has 2 rings (SSSR count). The van der Waals surface area contributed by atoms with Crippen molar-refractivity contribution in [2.45, 2.75) is 0 Å². The van der Waals surface area contributed by atoms with Crippen molar-refractivity contribution in [1.29, 1.82) is 0 Å². The highest BCUT2D eigenvalue weighted by Crippen LogP contribution is 2.24. The van der Waals surface area contributed by atoms with Gasteiger partial charge in [0.1, 0.15) is 12.7 Å². The number of aromatic nitrogens is 3. The number of anilines is 1. The molecule has 6 nitrogen and oxygen atoms in total. The van der Waals surface area contributed by atoms with E-state index in [0.29, 0.717) is 16.4 Å². The Hall–Kier alpha value is -1.31. The van der Waals surface area contributed by atoms with Crippen LogP contribution in [0.4, 0.5) is 5.69 Å². The first-order valence-corrected chi connectivity index (χ1v) is 7.79. The molecular weight excluding hydrogens is 311 g/mol. The summed E-state index contributed by atoms with van der Waals surface area (Å²) >= 11 is 11.3. The van der Waals surface area contributed by atoms with Gasteiger partial charge in [0.2, 0.25) is 10.0 Å². The molecule has 2 aromatic rings. The molecule has 1 aromatic carbocycles. The van der Waals surface area contributed by atoms with E-state index in [0.717, 1.165) is 0 Å². The number of alkyl halides is 1. The van der Waals surface area contributed by atoms with E-state index in [-0.39, 0.29) is 11.6 Å². The van der Waals surface area contributed by atoms with E-state index >= 15 is 0 Å². The van der Waals surface area contributed by atoms with Gasteiger partial charge in [0, 0.05) is 10.9 Å². The van der Waals surface area contributed by atoms with Crippen molar-refractivity contribution in [3.05, 3.63) is 35.9 Å². The fourth-order valence-electron chi connectivity index (χ4n) is 1.44. The van der Waals surface area contributed by atoms with Crippen LogP contribution in [0, 0.1) is 0 Å². The zero-order valence-corrected chi connectivity index (χ0v) is 12.0. The standard InChI is InChI=1S/C10H10Cl2N4O2S/c11-3-4-19(17,18)15-9-5-8(12)1-2-10(9)16-7-13-6-14-16/h1-2,5-7,15H,3-4H2. The molecule has 1 N–H and O–H groups in total. The quantitative estimate of drug-likeness (QED) is 0.853. The lowest BCUT2D eigenvalue weighted by Crippen LogP contribution is -2.18. The average Bonchev–Trinajstić information content (AvgIpc) is 2.81. The number of hydrogen-bond acceptors (Lipinski definition) is 4. The van der Waals surface area contributed by atoms with Gasteiger partial charge in [-0.1, -0.05) is 11.6 Å². The van der Waals surface area contributed by atoms with Gasteiger partial charge < -0.3 is 0 Å². The van der Waals surface area contributed by atoms with Gasteiger partial charge in [-0.3, -0.25) is 4.72 Å². The zero-order valence-electron chi connectivity index (χ0n) is 9.62. The van der Waals surface area contributed by atoms with Crippen molar-refractivity contribution >= 4 is 38.9 Å². The van der Waals surface area contributed by atoms with Crippen LogP contribution in [-0.4, -0.2) is 34.8 Å². The summed E-state index contributed by atoms with van der Waals surface area (Å²) in [5.74, 6) is -0.174. The minimum absolute atomic E-state index is 0.00849. The molecule has 0 saturated heterocycles. The highest BCUT2D eigenvalue weighted by molar-refractivity contribution is 7.92. The van der Waals surface area contributed by atoms with Crippen LogP contribution in [0.25, 0.3) is 5.69 Å². The minimum atomic E-state index is -3.52. The van der Waals surface area contributed by atoms with Crippen LogP contribution < -0.4 is 4.72 Å². The average molecular weight is 321 g/mol. The summed E-state index contributed by atoms with van der Waals surface area (Å²) < 4.78 is 27.4. The predicted molar refractivity (Wildman–Crippen MR) is 74.5 cm³/mol. The van der Waals surface area contributed by atoms with E-state index in [9.17, 15) is 8.42 Å². The van der Waals surface area contributed by atoms with Crippen molar-refractivity contribution in [3.8, 4) is 5.69 Å². The van der Waals surface area contributed by atoms with Crippen LogP contribution in [0.2, 0.25) is 5.02 Å².